The van der Waals surface area contributed by atoms with Crippen LogP contribution in [0.25, 0.3) is 0 Å². The third-order valence-corrected chi connectivity index (χ3v) is 5.05. The Bertz CT molecular complexity index is 345. The predicted octanol–water partition coefficient (Wildman–Crippen LogP) is 5.81. The van der Waals surface area contributed by atoms with E-state index in [4.69, 9.17) is 10.8 Å². The largest absolute Gasteiger partial charge is 0.480 e. The van der Waals surface area contributed by atoms with Crippen LogP contribution in [0.1, 0.15) is 110 Å². The first-order chi connectivity index (χ1) is 13.2. The summed E-state index contributed by atoms with van der Waals surface area (Å²) in [5, 5.41) is 12.1. The summed E-state index contributed by atoms with van der Waals surface area (Å²) in [5.74, 6) is -0.900. The Kier molecular flexibility index (Phi) is 20.7. The molecule has 0 saturated heterocycles. The number of allylic oxidation sites excluding steroid dienone is 2. The molecule has 1 atom stereocenters. The van der Waals surface area contributed by atoms with Gasteiger partial charge in [-0.1, -0.05) is 76.9 Å². The minimum absolute atomic E-state index is 0.551. The van der Waals surface area contributed by atoms with Gasteiger partial charge in [0.05, 0.1) is 0 Å². The van der Waals surface area contributed by atoms with Crippen LogP contribution in [0.15, 0.2) is 12.2 Å². The number of aliphatic carboxylic acids is 1. The van der Waals surface area contributed by atoms with Gasteiger partial charge in [-0.15, -0.1) is 0 Å². The molecule has 160 valence electrons. The van der Waals surface area contributed by atoms with E-state index >= 15 is 0 Å². The van der Waals surface area contributed by atoms with Crippen LogP contribution < -0.4 is 11.1 Å². The second-order valence-corrected chi connectivity index (χ2v) is 7.77. The number of unbranched alkanes of at least 4 members (excludes halogenated alkanes) is 12. The molecule has 0 aliphatic heterocycles. The number of nitrogens with two attached hydrogens (primary N) is 1. The zero-order valence-electron chi connectivity index (χ0n) is 17.9. The van der Waals surface area contributed by atoms with Gasteiger partial charge in [0, 0.05) is 0 Å². The maximum Gasteiger partial charge on any atom is 0.320 e. The lowest BCUT2D eigenvalue weighted by Crippen LogP contribution is -2.31. The van der Waals surface area contributed by atoms with Crippen LogP contribution in [0, 0.1) is 0 Å². The fourth-order valence-corrected chi connectivity index (χ4v) is 3.19. The van der Waals surface area contributed by atoms with Crippen molar-refractivity contribution in [2.24, 2.45) is 5.73 Å². The van der Waals surface area contributed by atoms with E-state index in [-0.39, 0.29) is 0 Å². The Morgan fingerprint density at radius 2 is 1.30 bits per heavy atom. The van der Waals surface area contributed by atoms with Gasteiger partial charge < -0.3 is 16.2 Å². The molecular weight excluding hydrogens is 336 g/mol. The first-order valence-electron chi connectivity index (χ1n) is 11.5. The summed E-state index contributed by atoms with van der Waals surface area (Å²) in [7, 11) is 0. The van der Waals surface area contributed by atoms with Crippen molar-refractivity contribution in [3.8, 4) is 0 Å². The molecular formula is C23H46N2O2. The molecule has 0 aliphatic carbocycles. The third kappa shape index (κ3) is 21.3. The average molecular weight is 383 g/mol. The van der Waals surface area contributed by atoms with E-state index in [1.54, 1.807) is 0 Å². The minimum Gasteiger partial charge on any atom is -0.480 e. The highest BCUT2D eigenvalue weighted by atomic mass is 16.4. The van der Waals surface area contributed by atoms with Crippen LogP contribution in [0.2, 0.25) is 0 Å². The maximum absolute atomic E-state index is 10.6. The highest BCUT2D eigenvalue weighted by molar-refractivity contribution is 5.72. The van der Waals surface area contributed by atoms with Crippen molar-refractivity contribution < 1.29 is 9.90 Å². The van der Waals surface area contributed by atoms with Crippen LogP contribution >= 0.6 is 0 Å². The monoisotopic (exact) mass is 382 g/mol. The van der Waals surface area contributed by atoms with E-state index in [1.807, 2.05) is 0 Å². The summed E-state index contributed by atoms with van der Waals surface area (Å²) in [6.45, 7) is 4.17. The van der Waals surface area contributed by atoms with Crippen molar-refractivity contribution >= 4 is 5.97 Å². The highest BCUT2D eigenvalue weighted by Gasteiger charge is 2.09. The number of nitrogens with one attached hydrogen (secondary N) is 1. The van der Waals surface area contributed by atoms with Crippen molar-refractivity contribution in [3.63, 3.8) is 0 Å². The molecule has 4 nitrogen and oxygen atoms in total. The predicted molar refractivity (Wildman–Crippen MR) is 117 cm³/mol. The van der Waals surface area contributed by atoms with Crippen LogP contribution in [0.5, 0.6) is 0 Å². The van der Waals surface area contributed by atoms with Crippen molar-refractivity contribution in [3.05, 3.63) is 12.2 Å². The van der Waals surface area contributed by atoms with E-state index < -0.39 is 12.0 Å². The molecule has 0 amide bonds. The van der Waals surface area contributed by atoms with Gasteiger partial charge in [-0.3, -0.25) is 4.79 Å². The molecule has 0 aromatic rings. The molecule has 4 N–H and O–H groups in total. The minimum atomic E-state index is -0.900. The number of hydrogen-bond acceptors (Lipinski definition) is 3. The fraction of sp³-hybridized carbons (Fsp3) is 0.870. The molecule has 0 aromatic carbocycles. The summed E-state index contributed by atoms with van der Waals surface area (Å²) in [4.78, 5) is 10.6. The molecule has 0 unspecified atom stereocenters. The van der Waals surface area contributed by atoms with Crippen LogP contribution in [-0.4, -0.2) is 30.2 Å². The van der Waals surface area contributed by atoms with E-state index in [0.717, 1.165) is 19.5 Å². The van der Waals surface area contributed by atoms with Gasteiger partial charge in [0.25, 0.3) is 0 Å². The average Bonchev–Trinajstić information content (AvgIpc) is 2.66. The summed E-state index contributed by atoms with van der Waals surface area (Å²) in [6, 6.07) is -0.711. The molecule has 0 rings (SSSR count). The van der Waals surface area contributed by atoms with Crippen LogP contribution in [0.4, 0.5) is 0 Å². The molecule has 0 spiro atoms. The lowest BCUT2D eigenvalue weighted by molar-refractivity contribution is -0.138. The van der Waals surface area contributed by atoms with Crippen molar-refractivity contribution in [1.29, 1.82) is 0 Å². The van der Waals surface area contributed by atoms with E-state index in [0.29, 0.717) is 6.42 Å². The zero-order valence-corrected chi connectivity index (χ0v) is 17.9. The Balaban J connectivity index is 3.12. The number of rotatable bonds is 21. The molecule has 27 heavy (non-hydrogen) atoms. The van der Waals surface area contributed by atoms with Gasteiger partial charge in [-0.05, 0) is 58.0 Å². The van der Waals surface area contributed by atoms with E-state index in [9.17, 15) is 4.79 Å². The number of carboxylic acids is 1. The first kappa shape index (κ1) is 26.1. The van der Waals surface area contributed by atoms with Gasteiger partial charge in [0.2, 0.25) is 0 Å². The second kappa shape index (κ2) is 21.4. The summed E-state index contributed by atoms with van der Waals surface area (Å²) in [6.07, 6.45) is 24.8. The molecule has 0 aliphatic rings. The van der Waals surface area contributed by atoms with Crippen molar-refractivity contribution in [2.75, 3.05) is 13.1 Å². The molecule has 0 aromatic heterocycles. The summed E-state index contributed by atoms with van der Waals surface area (Å²) >= 11 is 0. The lowest BCUT2D eigenvalue weighted by Gasteiger charge is -2.07. The molecule has 0 fully saturated rings. The maximum atomic E-state index is 10.6. The fourth-order valence-electron chi connectivity index (χ4n) is 3.19. The van der Waals surface area contributed by atoms with Crippen LogP contribution in [0.3, 0.4) is 0 Å². The molecule has 0 bridgehead atoms. The van der Waals surface area contributed by atoms with Gasteiger partial charge in [0.1, 0.15) is 6.04 Å². The van der Waals surface area contributed by atoms with Gasteiger partial charge in [-0.25, -0.2) is 0 Å². The lowest BCUT2D eigenvalue weighted by atomic mass is 10.1. The molecule has 0 radical (unpaired) electrons. The van der Waals surface area contributed by atoms with Crippen molar-refractivity contribution in [2.45, 2.75) is 116 Å². The molecule has 0 saturated carbocycles. The second-order valence-electron chi connectivity index (χ2n) is 7.77. The summed E-state index contributed by atoms with van der Waals surface area (Å²) < 4.78 is 0. The van der Waals surface area contributed by atoms with E-state index in [2.05, 4.69) is 24.4 Å². The Morgan fingerprint density at radius 1 is 0.815 bits per heavy atom. The summed E-state index contributed by atoms with van der Waals surface area (Å²) in [5.41, 5.74) is 5.47. The van der Waals surface area contributed by atoms with Crippen LogP contribution in [-0.2, 0) is 4.79 Å². The quantitative estimate of drug-likeness (QED) is 0.173. The Labute approximate surface area is 168 Å². The highest BCUT2D eigenvalue weighted by Crippen LogP contribution is 2.09. The number of hydrogen-bond donors (Lipinski definition) is 3. The normalized spacial score (nSPS) is 12.7. The molecule has 4 heteroatoms. The standard InChI is InChI=1S/C23H46N2O2/c1-2-3-4-5-6-7-8-9-10-11-12-13-14-15-16-17-20-25-21-18-19-22(24)23(26)27/h9-10,22,25H,2-8,11-21,24H2,1H3,(H,26,27)/t22-/m0/s1. The Hall–Kier alpha value is -0.870. The SMILES string of the molecule is CCCCCCCCC=CCCCCCCCCNCCC[C@H](N)C(=O)O. The Morgan fingerprint density at radius 3 is 1.85 bits per heavy atom. The van der Waals surface area contributed by atoms with Gasteiger partial charge in [-0.2, -0.15) is 0 Å². The molecule has 0 heterocycles. The topological polar surface area (TPSA) is 75.3 Å². The zero-order chi connectivity index (χ0) is 20.0. The van der Waals surface area contributed by atoms with Gasteiger partial charge >= 0.3 is 5.97 Å². The van der Waals surface area contributed by atoms with E-state index in [1.165, 1.54) is 89.9 Å². The van der Waals surface area contributed by atoms with Gasteiger partial charge in [0.15, 0.2) is 0 Å². The smallest absolute Gasteiger partial charge is 0.320 e. The first-order valence-corrected chi connectivity index (χ1v) is 11.5. The number of carboxylic acid groups (broad SMARTS) is 1. The third-order valence-electron chi connectivity index (χ3n) is 5.05. The van der Waals surface area contributed by atoms with Crippen molar-refractivity contribution in [1.82, 2.24) is 5.32 Å². The number of carbonyl (C=O) groups is 1.